The van der Waals surface area contributed by atoms with Gasteiger partial charge in [-0.2, -0.15) is 0 Å². The van der Waals surface area contributed by atoms with E-state index in [9.17, 15) is 19.2 Å². The molecule has 0 bridgehead atoms. The van der Waals surface area contributed by atoms with Crippen molar-refractivity contribution in [2.75, 3.05) is 70.1 Å². The van der Waals surface area contributed by atoms with E-state index >= 15 is 0 Å². The summed E-state index contributed by atoms with van der Waals surface area (Å²) in [4.78, 5) is 65.9. The van der Waals surface area contributed by atoms with Crippen LogP contribution in [0.5, 0.6) is 0 Å². The molecular weight excluding hydrogens is 504 g/mol. The predicted octanol–water partition coefficient (Wildman–Crippen LogP) is 1.59. The van der Waals surface area contributed by atoms with Gasteiger partial charge < -0.3 is 44.6 Å². The first-order valence-electron chi connectivity index (χ1n) is 12.5. The zero-order valence-corrected chi connectivity index (χ0v) is 22.7. The first-order valence-corrected chi connectivity index (χ1v) is 12.5. The highest BCUT2D eigenvalue weighted by Crippen LogP contribution is 2.22. The molecule has 4 rings (SSSR count). The Morgan fingerprint density at radius 3 is 1.85 bits per heavy atom. The Hall–Kier alpha value is -4.36. The van der Waals surface area contributed by atoms with Crippen LogP contribution in [0.3, 0.4) is 0 Å². The third-order valence-corrected chi connectivity index (χ3v) is 6.43. The molecule has 13 heteroatoms. The third kappa shape index (κ3) is 6.56. The number of ether oxygens (including phenoxy) is 1. The molecule has 0 aromatic carbocycles. The van der Waals surface area contributed by atoms with Crippen LogP contribution in [-0.2, 0) is 9.53 Å². The molecular formula is C26H34N8O5. The summed E-state index contributed by atoms with van der Waals surface area (Å²) in [5.74, 6) is -1.11. The van der Waals surface area contributed by atoms with E-state index in [4.69, 9.17) is 4.74 Å². The van der Waals surface area contributed by atoms with E-state index in [1.54, 1.807) is 50.6 Å². The summed E-state index contributed by atoms with van der Waals surface area (Å²) in [6.07, 6.45) is 5.11. The topological polar surface area (TPSA) is 153 Å². The van der Waals surface area contributed by atoms with Crippen LogP contribution < -0.4 is 15.1 Å². The molecule has 1 aliphatic heterocycles. The first kappa shape index (κ1) is 27.7. The monoisotopic (exact) mass is 538 g/mol. The Balaban J connectivity index is 1.36. The summed E-state index contributed by atoms with van der Waals surface area (Å²) in [5, 5.41) is 2.68. The number of nitrogens with zero attached hydrogens (tertiary/aromatic N) is 4. The quantitative estimate of drug-likeness (QED) is 0.272. The summed E-state index contributed by atoms with van der Waals surface area (Å²) in [6.45, 7) is 1.89. The molecule has 1 atom stereocenters. The molecule has 208 valence electrons. The summed E-state index contributed by atoms with van der Waals surface area (Å²) in [7, 11) is 8.91. The standard InChI is InChI=1S/C26H34N8O5/c1-31(2)7-6-8-32(3)24(36)20-10-17(13-28-20)34(5)26(38)21-11-18(14-29-21)33(4)25(37)19-9-16(12-27-19)30-23(35)22-15-39-22/h9-14,22,27-29H,6-8,15H2,1-5H3,(H,30,35). The molecule has 0 aliphatic carbocycles. The zero-order chi connectivity index (χ0) is 28.3. The molecule has 1 fully saturated rings. The number of carbonyl (C=O) groups excluding carboxylic acids is 4. The average molecular weight is 539 g/mol. The summed E-state index contributed by atoms with van der Waals surface area (Å²) < 4.78 is 4.95. The number of rotatable bonds is 11. The van der Waals surface area contributed by atoms with E-state index in [0.29, 0.717) is 35.9 Å². The number of H-pyrrole nitrogens is 3. The van der Waals surface area contributed by atoms with Gasteiger partial charge in [-0.05, 0) is 45.3 Å². The van der Waals surface area contributed by atoms with Crippen molar-refractivity contribution in [2.24, 2.45) is 0 Å². The van der Waals surface area contributed by atoms with Crippen molar-refractivity contribution in [3.05, 3.63) is 53.9 Å². The van der Waals surface area contributed by atoms with Crippen LogP contribution in [0.4, 0.5) is 17.1 Å². The SMILES string of the molecule is CN(C)CCCN(C)C(=O)c1cc(N(C)C(=O)c2cc(N(C)C(=O)c3cc(NC(=O)C4CO4)c[nH]3)c[nH]2)c[nH]1. The lowest BCUT2D eigenvalue weighted by Gasteiger charge is -2.18. The Labute approximate surface area is 226 Å². The minimum atomic E-state index is -0.437. The van der Waals surface area contributed by atoms with E-state index in [-0.39, 0.29) is 35.0 Å². The summed E-state index contributed by atoms with van der Waals surface area (Å²) in [6, 6.07) is 4.75. The zero-order valence-electron chi connectivity index (χ0n) is 22.7. The van der Waals surface area contributed by atoms with E-state index in [1.165, 1.54) is 22.1 Å². The molecule has 1 saturated heterocycles. The van der Waals surface area contributed by atoms with Crippen molar-refractivity contribution in [2.45, 2.75) is 12.5 Å². The van der Waals surface area contributed by atoms with Crippen LogP contribution in [0.1, 0.15) is 37.9 Å². The van der Waals surface area contributed by atoms with E-state index < -0.39 is 6.10 Å². The van der Waals surface area contributed by atoms with Gasteiger partial charge in [0.1, 0.15) is 17.1 Å². The number of amides is 4. The molecule has 3 aromatic heterocycles. The van der Waals surface area contributed by atoms with Crippen LogP contribution in [-0.4, -0.2) is 109 Å². The number of carbonyl (C=O) groups is 4. The average Bonchev–Trinajstić information content (AvgIpc) is 3.28. The van der Waals surface area contributed by atoms with Crippen molar-refractivity contribution >= 4 is 40.7 Å². The fourth-order valence-electron chi connectivity index (χ4n) is 3.94. The molecule has 1 aliphatic rings. The van der Waals surface area contributed by atoms with Gasteiger partial charge in [-0.25, -0.2) is 0 Å². The van der Waals surface area contributed by atoms with Gasteiger partial charge in [-0.3, -0.25) is 19.2 Å². The smallest absolute Gasteiger partial charge is 0.274 e. The van der Waals surface area contributed by atoms with Gasteiger partial charge in [0.05, 0.1) is 23.7 Å². The van der Waals surface area contributed by atoms with Gasteiger partial charge in [0.2, 0.25) is 0 Å². The van der Waals surface area contributed by atoms with Crippen molar-refractivity contribution in [1.29, 1.82) is 0 Å². The van der Waals surface area contributed by atoms with Crippen molar-refractivity contribution in [3.63, 3.8) is 0 Å². The fraction of sp³-hybridized carbons (Fsp3) is 0.385. The summed E-state index contributed by atoms with van der Waals surface area (Å²) in [5.41, 5.74) is 2.40. The van der Waals surface area contributed by atoms with Crippen LogP contribution in [0.15, 0.2) is 36.8 Å². The van der Waals surface area contributed by atoms with Crippen LogP contribution in [0, 0.1) is 0 Å². The molecule has 0 radical (unpaired) electrons. The lowest BCUT2D eigenvalue weighted by Crippen LogP contribution is -2.30. The molecule has 4 N–H and O–H groups in total. The molecule has 4 heterocycles. The van der Waals surface area contributed by atoms with Crippen LogP contribution in [0.25, 0.3) is 0 Å². The highest BCUT2D eigenvalue weighted by molar-refractivity contribution is 6.09. The van der Waals surface area contributed by atoms with Gasteiger partial charge in [-0.15, -0.1) is 0 Å². The number of nitrogens with one attached hydrogen (secondary N) is 4. The molecule has 1 unspecified atom stereocenters. The molecule has 0 saturated carbocycles. The van der Waals surface area contributed by atoms with Crippen LogP contribution in [0.2, 0.25) is 0 Å². The Morgan fingerprint density at radius 2 is 1.31 bits per heavy atom. The van der Waals surface area contributed by atoms with E-state index in [1.807, 2.05) is 14.1 Å². The maximum Gasteiger partial charge on any atom is 0.274 e. The van der Waals surface area contributed by atoms with E-state index in [2.05, 4.69) is 25.2 Å². The maximum atomic E-state index is 13.1. The summed E-state index contributed by atoms with van der Waals surface area (Å²) >= 11 is 0. The lowest BCUT2D eigenvalue weighted by molar-refractivity contribution is -0.117. The van der Waals surface area contributed by atoms with Crippen molar-refractivity contribution < 1.29 is 23.9 Å². The normalized spacial score (nSPS) is 14.3. The third-order valence-electron chi connectivity index (χ3n) is 6.43. The Kier molecular flexibility index (Phi) is 8.21. The number of aromatic nitrogens is 3. The van der Waals surface area contributed by atoms with Crippen LogP contribution >= 0.6 is 0 Å². The molecule has 0 spiro atoms. The minimum absolute atomic E-state index is 0.156. The fourth-order valence-corrected chi connectivity index (χ4v) is 3.94. The first-order chi connectivity index (χ1) is 18.5. The number of hydrogen-bond donors (Lipinski definition) is 4. The Bertz CT molecular complexity index is 1350. The minimum Gasteiger partial charge on any atom is -0.363 e. The molecule has 13 nitrogen and oxygen atoms in total. The molecule has 4 amide bonds. The number of anilines is 3. The Morgan fingerprint density at radius 1 is 0.795 bits per heavy atom. The number of epoxide rings is 1. The number of aromatic amines is 3. The van der Waals surface area contributed by atoms with Gasteiger partial charge in [0.25, 0.3) is 23.6 Å². The van der Waals surface area contributed by atoms with Crippen molar-refractivity contribution in [3.8, 4) is 0 Å². The maximum absolute atomic E-state index is 13.1. The van der Waals surface area contributed by atoms with Gasteiger partial charge >= 0.3 is 0 Å². The second-order valence-electron chi connectivity index (χ2n) is 9.77. The van der Waals surface area contributed by atoms with Gasteiger partial charge in [0.15, 0.2) is 6.10 Å². The largest absolute Gasteiger partial charge is 0.363 e. The van der Waals surface area contributed by atoms with Gasteiger partial charge in [0, 0.05) is 46.3 Å². The second kappa shape index (κ2) is 11.6. The highest BCUT2D eigenvalue weighted by Gasteiger charge is 2.31. The highest BCUT2D eigenvalue weighted by atomic mass is 16.6. The predicted molar refractivity (Wildman–Crippen MR) is 146 cm³/mol. The second-order valence-corrected chi connectivity index (χ2v) is 9.77. The lowest BCUT2D eigenvalue weighted by atomic mass is 10.3. The molecule has 3 aromatic rings. The van der Waals surface area contributed by atoms with E-state index in [0.717, 1.165) is 13.0 Å². The molecule has 39 heavy (non-hydrogen) atoms. The number of hydrogen-bond acceptors (Lipinski definition) is 6. The van der Waals surface area contributed by atoms with Crippen molar-refractivity contribution in [1.82, 2.24) is 24.8 Å². The van der Waals surface area contributed by atoms with Gasteiger partial charge in [-0.1, -0.05) is 0 Å².